The van der Waals surface area contributed by atoms with Crippen LogP contribution in [0.5, 0.6) is 0 Å². The summed E-state index contributed by atoms with van der Waals surface area (Å²) in [4.78, 5) is 25.3. The first kappa shape index (κ1) is 22.7. The fraction of sp³-hybridized carbons (Fsp3) is 0.259. The van der Waals surface area contributed by atoms with Gasteiger partial charge in [0.05, 0.1) is 23.8 Å². The molecule has 4 rings (SSSR count). The van der Waals surface area contributed by atoms with E-state index in [2.05, 4.69) is 22.9 Å². The largest absolute Gasteiger partial charge is 0.349 e. The zero-order chi connectivity index (χ0) is 23.2. The molecule has 33 heavy (non-hydrogen) atoms. The molecule has 170 valence electrons. The van der Waals surface area contributed by atoms with Gasteiger partial charge in [-0.15, -0.1) is 0 Å². The van der Waals surface area contributed by atoms with Crippen molar-refractivity contribution in [1.82, 2.24) is 10.6 Å². The zero-order valence-corrected chi connectivity index (χ0v) is 18.6. The first-order chi connectivity index (χ1) is 16.0. The first-order valence-corrected chi connectivity index (χ1v) is 11.3. The van der Waals surface area contributed by atoms with Crippen LogP contribution in [0.1, 0.15) is 52.9 Å². The molecule has 0 heterocycles. The van der Waals surface area contributed by atoms with Gasteiger partial charge in [-0.25, -0.2) is 4.39 Å². The van der Waals surface area contributed by atoms with Crippen LogP contribution in [0.4, 0.5) is 10.1 Å². The van der Waals surface area contributed by atoms with Gasteiger partial charge >= 0.3 is 0 Å². The van der Waals surface area contributed by atoms with Crippen LogP contribution in [0.3, 0.4) is 0 Å². The number of carbonyl (C=O) groups excluding carboxylic acids is 2. The molecule has 0 unspecified atom stereocenters. The van der Waals surface area contributed by atoms with Crippen LogP contribution in [-0.2, 0) is 11.2 Å². The lowest BCUT2D eigenvalue weighted by Crippen LogP contribution is -2.33. The molecule has 0 bridgehead atoms. The Bertz CT molecular complexity index is 1130. The van der Waals surface area contributed by atoms with Gasteiger partial charge in [-0.1, -0.05) is 55.5 Å². The molecule has 1 atom stereocenters. The molecule has 5 nitrogen and oxygen atoms in total. The number of hydrogen-bond acceptors (Lipinski definition) is 3. The van der Waals surface area contributed by atoms with E-state index in [1.807, 2.05) is 30.3 Å². The number of anilines is 1. The minimum Gasteiger partial charge on any atom is -0.349 e. The van der Waals surface area contributed by atoms with E-state index in [0.717, 1.165) is 30.4 Å². The topological polar surface area (TPSA) is 70.2 Å². The summed E-state index contributed by atoms with van der Waals surface area (Å²) in [5, 5.41) is 9.04. The second kappa shape index (κ2) is 10.4. The number of halogens is 1. The van der Waals surface area contributed by atoms with Crippen molar-refractivity contribution >= 4 is 17.5 Å². The van der Waals surface area contributed by atoms with E-state index in [9.17, 15) is 14.0 Å². The third kappa shape index (κ3) is 6.05. The summed E-state index contributed by atoms with van der Waals surface area (Å²) in [6, 6.07) is 21.3. The summed E-state index contributed by atoms with van der Waals surface area (Å²) in [5.41, 5.74) is 3.79. The van der Waals surface area contributed by atoms with E-state index in [-0.39, 0.29) is 36.3 Å². The molecular formula is C27H28FN3O2. The van der Waals surface area contributed by atoms with Crippen molar-refractivity contribution in [3.05, 3.63) is 101 Å². The van der Waals surface area contributed by atoms with Gasteiger partial charge in [0, 0.05) is 6.04 Å². The fourth-order valence-electron chi connectivity index (χ4n) is 3.73. The molecule has 1 aliphatic carbocycles. The number of rotatable bonds is 9. The van der Waals surface area contributed by atoms with Gasteiger partial charge in [0.15, 0.2) is 0 Å². The second-order valence-corrected chi connectivity index (χ2v) is 8.31. The molecule has 3 aromatic rings. The Hall–Kier alpha value is -3.51. The molecule has 1 fully saturated rings. The fourth-order valence-corrected chi connectivity index (χ4v) is 3.73. The smallest absolute Gasteiger partial charge is 0.253 e. The van der Waals surface area contributed by atoms with Gasteiger partial charge in [-0.2, -0.15) is 0 Å². The lowest BCUT2D eigenvalue weighted by molar-refractivity contribution is -0.115. The molecule has 1 aliphatic rings. The van der Waals surface area contributed by atoms with Crippen molar-refractivity contribution in [1.29, 1.82) is 0 Å². The van der Waals surface area contributed by atoms with Crippen molar-refractivity contribution in [2.24, 2.45) is 0 Å². The van der Waals surface area contributed by atoms with Crippen molar-refractivity contribution in [3.63, 3.8) is 0 Å². The number of hydrogen-bond donors (Lipinski definition) is 3. The molecule has 0 aliphatic heterocycles. The summed E-state index contributed by atoms with van der Waals surface area (Å²) < 4.78 is 13.9. The highest BCUT2D eigenvalue weighted by atomic mass is 19.1. The van der Waals surface area contributed by atoms with Crippen LogP contribution in [0.25, 0.3) is 0 Å². The minimum atomic E-state index is -0.356. The normalized spacial score (nSPS) is 13.9. The maximum absolute atomic E-state index is 13.9. The van der Waals surface area contributed by atoms with E-state index < -0.39 is 0 Å². The van der Waals surface area contributed by atoms with Gasteiger partial charge in [0.1, 0.15) is 5.82 Å². The van der Waals surface area contributed by atoms with Crippen LogP contribution in [0.2, 0.25) is 0 Å². The van der Waals surface area contributed by atoms with Gasteiger partial charge in [-0.05, 0) is 60.2 Å². The number of nitrogens with one attached hydrogen (secondary N) is 3. The number of carbonyl (C=O) groups is 2. The average Bonchev–Trinajstić information content (AvgIpc) is 3.64. The summed E-state index contributed by atoms with van der Waals surface area (Å²) in [6.45, 7) is 2.08. The predicted octanol–water partition coefficient (Wildman–Crippen LogP) is 4.60. The molecule has 6 heteroatoms. The van der Waals surface area contributed by atoms with E-state index in [1.54, 1.807) is 30.3 Å². The zero-order valence-electron chi connectivity index (χ0n) is 18.6. The highest BCUT2D eigenvalue weighted by molar-refractivity contribution is 6.04. The summed E-state index contributed by atoms with van der Waals surface area (Å²) in [6.07, 6.45) is 2.91. The molecule has 3 aromatic carbocycles. The third-order valence-corrected chi connectivity index (χ3v) is 5.73. The highest BCUT2D eigenvalue weighted by Gasteiger charge is 2.25. The number of benzene rings is 3. The Labute approximate surface area is 193 Å². The predicted molar refractivity (Wildman–Crippen MR) is 128 cm³/mol. The Morgan fingerprint density at radius 3 is 2.42 bits per heavy atom. The van der Waals surface area contributed by atoms with E-state index >= 15 is 0 Å². The lowest BCUT2D eigenvalue weighted by atomic mass is 9.97. The van der Waals surface area contributed by atoms with Crippen molar-refractivity contribution in [2.75, 3.05) is 11.9 Å². The maximum Gasteiger partial charge on any atom is 0.253 e. The second-order valence-electron chi connectivity index (χ2n) is 8.31. The van der Waals surface area contributed by atoms with Gasteiger partial charge in [-0.3, -0.25) is 14.9 Å². The van der Waals surface area contributed by atoms with E-state index in [1.165, 1.54) is 17.7 Å². The summed E-state index contributed by atoms with van der Waals surface area (Å²) >= 11 is 0. The Balaban J connectivity index is 1.47. The molecule has 0 aromatic heterocycles. The molecule has 0 spiro atoms. The number of para-hydroxylation sites is 1. The molecular weight excluding hydrogens is 417 g/mol. The minimum absolute atomic E-state index is 0.00468. The van der Waals surface area contributed by atoms with Crippen molar-refractivity contribution in [2.45, 2.75) is 38.3 Å². The third-order valence-electron chi connectivity index (χ3n) is 5.73. The number of amides is 2. The SMILES string of the molecule is CCc1ccc([C@@H](NCC(=O)Nc2ccccc2C(=O)NC2CC2)c2cccc(F)c2)cc1. The van der Waals surface area contributed by atoms with Gasteiger partial charge in [0.25, 0.3) is 5.91 Å². The standard InChI is InChI=1S/C27H28FN3O2/c1-2-18-10-12-19(13-11-18)26(20-6-5-7-21(28)16-20)29-17-25(32)31-24-9-4-3-8-23(24)27(33)30-22-14-15-22/h3-13,16,22,26,29H,2,14-15,17H2,1H3,(H,30,33)(H,31,32)/t26-/m1/s1. The van der Waals surface area contributed by atoms with Crippen molar-refractivity contribution < 1.29 is 14.0 Å². The van der Waals surface area contributed by atoms with Crippen molar-refractivity contribution in [3.8, 4) is 0 Å². The quantitative estimate of drug-likeness (QED) is 0.451. The Morgan fingerprint density at radius 2 is 1.73 bits per heavy atom. The number of aryl methyl sites for hydroxylation is 1. The summed E-state index contributed by atoms with van der Waals surface area (Å²) in [7, 11) is 0. The van der Waals surface area contributed by atoms with Crippen LogP contribution < -0.4 is 16.0 Å². The monoisotopic (exact) mass is 445 g/mol. The molecule has 3 N–H and O–H groups in total. The van der Waals surface area contributed by atoms with Gasteiger partial charge < -0.3 is 10.6 Å². The first-order valence-electron chi connectivity index (χ1n) is 11.3. The molecule has 0 radical (unpaired) electrons. The summed E-state index contributed by atoms with van der Waals surface area (Å²) in [5.74, 6) is -0.798. The Morgan fingerprint density at radius 1 is 0.970 bits per heavy atom. The Kier molecular flexibility index (Phi) is 7.15. The molecule has 2 amide bonds. The van der Waals surface area contributed by atoms with Crippen LogP contribution in [-0.4, -0.2) is 24.4 Å². The van der Waals surface area contributed by atoms with E-state index in [4.69, 9.17) is 0 Å². The highest BCUT2D eigenvalue weighted by Crippen LogP contribution is 2.24. The average molecular weight is 446 g/mol. The maximum atomic E-state index is 13.9. The van der Waals surface area contributed by atoms with Crippen LogP contribution >= 0.6 is 0 Å². The molecule has 1 saturated carbocycles. The van der Waals surface area contributed by atoms with Crippen LogP contribution in [0.15, 0.2) is 72.8 Å². The lowest BCUT2D eigenvalue weighted by Gasteiger charge is -2.20. The van der Waals surface area contributed by atoms with Crippen LogP contribution in [0, 0.1) is 5.82 Å². The molecule has 0 saturated heterocycles. The van der Waals surface area contributed by atoms with E-state index in [0.29, 0.717) is 11.3 Å². The van der Waals surface area contributed by atoms with Gasteiger partial charge in [0.2, 0.25) is 5.91 Å².